The summed E-state index contributed by atoms with van der Waals surface area (Å²) in [7, 11) is 0. The largest absolute Gasteiger partial charge is 0.391 e. The van der Waals surface area contributed by atoms with Gasteiger partial charge in [-0.25, -0.2) is 0 Å². The molecule has 1 N–H and O–H groups in total. The van der Waals surface area contributed by atoms with Gasteiger partial charge in [0.25, 0.3) is 0 Å². The van der Waals surface area contributed by atoms with E-state index >= 15 is 0 Å². The molecule has 0 bridgehead atoms. The number of halogens is 3. The number of rotatable bonds is 3. The van der Waals surface area contributed by atoms with Crippen LogP contribution in [0.1, 0.15) is 37.4 Å². The van der Waals surface area contributed by atoms with Crippen LogP contribution in [-0.4, -0.2) is 22.4 Å². The Morgan fingerprint density at radius 2 is 1.94 bits per heavy atom. The van der Waals surface area contributed by atoms with Crippen LogP contribution in [0, 0.1) is 12.8 Å². The molecule has 1 fully saturated rings. The quantitative estimate of drug-likeness (QED) is 0.910. The van der Waals surface area contributed by atoms with E-state index in [1.807, 2.05) is 0 Å². The lowest BCUT2D eigenvalue weighted by Gasteiger charge is -2.30. The fraction of sp³-hybridized carbons (Fsp3) is 0.818. The van der Waals surface area contributed by atoms with Gasteiger partial charge in [0, 0.05) is 13.0 Å². The van der Waals surface area contributed by atoms with Crippen molar-refractivity contribution in [3.63, 3.8) is 0 Å². The van der Waals surface area contributed by atoms with Gasteiger partial charge in [0.2, 0.25) is 5.89 Å². The summed E-state index contributed by atoms with van der Waals surface area (Å²) in [6, 6.07) is 0.113. The molecule has 0 radical (unpaired) electrons. The first-order valence-corrected chi connectivity index (χ1v) is 6.04. The molecular weight excluding hydrogens is 247 g/mol. The molecular formula is C11H16F3N3O. The van der Waals surface area contributed by atoms with Crippen LogP contribution in [-0.2, 0) is 6.54 Å². The van der Waals surface area contributed by atoms with Crippen molar-refractivity contribution in [1.29, 1.82) is 0 Å². The van der Waals surface area contributed by atoms with E-state index in [1.54, 1.807) is 6.92 Å². The van der Waals surface area contributed by atoms with Gasteiger partial charge in [-0.3, -0.25) is 0 Å². The predicted octanol–water partition coefficient (Wildman–Crippen LogP) is 2.59. The van der Waals surface area contributed by atoms with Crippen LogP contribution in [0.15, 0.2) is 4.52 Å². The summed E-state index contributed by atoms with van der Waals surface area (Å²) in [5.74, 6) is -0.0963. The van der Waals surface area contributed by atoms with Crippen molar-refractivity contribution in [2.75, 3.05) is 0 Å². The van der Waals surface area contributed by atoms with Crippen molar-refractivity contribution >= 4 is 0 Å². The summed E-state index contributed by atoms with van der Waals surface area (Å²) in [5, 5.41) is 6.90. The molecule has 1 aromatic heterocycles. The Hall–Kier alpha value is -1.11. The number of nitrogens with zero attached hydrogens (tertiary/aromatic N) is 2. The van der Waals surface area contributed by atoms with Crippen molar-refractivity contribution in [2.24, 2.45) is 5.92 Å². The highest BCUT2D eigenvalue weighted by Gasteiger charge is 2.41. The van der Waals surface area contributed by atoms with Crippen molar-refractivity contribution in [3.8, 4) is 0 Å². The van der Waals surface area contributed by atoms with E-state index in [9.17, 15) is 13.2 Å². The van der Waals surface area contributed by atoms with Crippen LogP contribution in [0.3, 0.4) is 0 Å². The minimum Gasteiger partial charge on any atom is -0.340 e. The first-order chi connectivity index (χ1) is 8.45. The van der Waals surface area contributed by atoms with Crippen molar-refractivity contribution < 1.29 is 17.7 Å². The van der Waals surface area contributed by atoms with Gasteiger partial charge < -0.3 is 9.84 Å². The molecule has 0 spiro atoms. The van der Waals surface area contributed by atoms with Gasteiger partial charge in [0.1, 0.15) is 0 Å². The lowest BCUT2D eigenvalue weighted by molar-refractivity contribution is -0.182. The molecule has 4 nitrogen and oxygen atoms in total. The number of nitrogens with one attached hydrogen (secondary N) is 1. The molecule has 1 aromatic rings. The monoisotopic (exact) mass is 263 g/mol. The molecule has 1 aliphatic rings. The molecule has 0 aliphatic heterocycles. The summed E-state index contributed by atoms with van der Waals surface area (Å²) >= 11 is 0. The van der Waals surface area contributed by atoms with Gasteiger partial charge in [-0.2, -0.15) is 18.2 Å². The fourth-order valence-corrected chi connectivity index (χ4v) is 2.27. The zero-order valence-electron chi connectivity index (χ0n) is 10.1. The smallest absolute Gasteiger partial charge is 0.340 e. The Morgan fingerprint density at radius 3 is 2.44 bits per heavy atom. The number of aromatic nitrogens is 2. The standard InChI is InChI=1S/C11H16F3N3O/c1-7-16-10(17-18-7)6-15-9-4-2-8(3-5-9)11(12,13)14/h8-9,15H,2-6H2,1H3. The Bertz CT molecular complexity index is 383. The molecule has 7 heteroatoms. The van der Waals surface area contributed by atoms with Gasteiger partial charge in [-0.1, -0.05) is 5.16 Å². The Morgan fingerprint density at radius 1 is 1.28 bits per heavy atom. The van der Waals surface area contributed by atoms with Crippen LogP contribution in [0.5, 0.6) is 0 Å². The second kappa shape index (κ2) is 5.26. The summed E-state index contributed by atoms with van der Waals surface area (Å²) in [6.45, 7) is 2.14. The third kappa shape index (κ3) is 3.44. The predicted molar refractivity (Wildman–Crippen MR) is 57.7 cm³/mol. The minimum absolute atomic E-state index is 0.113. The van der Waals surface area contributed by atoms with Crippen LogP contribution >= 0.6 is 0 Å². The highest BCUT2D eigenvalue weighted by atomic mass is 19.4. The summed E-state index contributed by atoms with van der Waals surface area (Å²) in [6.07, 6.45) is -2.56. The summed E-state index contributed by atoms with van der Waals surface area (Å²) in [4.78, 5) is 4.03. The second-order valence-electron chi connectivity index (χ2n) is 4.70. The zero-order valence-corrected chi connectivity index (χ0v) is 10.1. The van der Waals surface area contributed by atoms with E-state index in [-0.39, 0.29) is 18.9 Å². The topological polar surface area (TPSA) is 51.0 Å². The van der Waals surface area contributed by atoms with Gasteiger partial charge >= 0.3 is 6.18 Å². The lowest BCUT2D eigenvalue weighted by Crippen LogP contribution is -2.36. The third-order valence-corrected chi connectivity index (χ3v) is 3.31. The first kappa shape index (κ1) is 13.3. The molecule has 18 heavy (non-hydrogen) atoms. The van der Waals surface area contributed by atoms with E-state index in [1.165, 1.54) is 0 Å². The lowest BCUT2D eigenvalue weighted by atomic mass is 9.85. The average Bonchev–Trinajstić information content (AvgIpc) is 2.72. The minimum atomic E-state index is -4.05. The van der Waals surface area contributed by atoms with E-state index in [0.29, 0.717) is 31.1 Å². The third-order valence-electron chi connectivity index (χ3n) is 3.31. The highest BCUT2D eigenvalue weighted by Crippen LogP contribution is 2.37. The van der Waals surface area contributed by atoms with Crippen LogP contribution < -0.4 is 5.32 Å². The Labute approximate surface area is 103 Å². The van der Waals surface area contributed by atoms with Gasteiger partial charge in [0.05, 0.1) is 12.5 Å². The Kier molecular flexibility index (Phi) is 3.89. The van der Waals surface area contributed by atoms with E-state index in [0.717, 1.165) is 0 Å². The van der Waals surface area contributed by atoms with Crippen molar-refractivity contribution in [2.45, 2.75) is 51.4 Å². The van der Waals surface area contributed by atoms with E-state index in [4.69, 9.17) is 4.52 Å². The van der Waals surface area contributed by atoms with Crippen LogP contribution in [0.4, 0.5) is 13.2 Å². The maximum absolute atomic E-state index is 12.5. The zero-order chi connectivity index (χ0) is 13.2. The fourth-order valence-electron chi connectivity index (χ4n) is 2.27. The molecule has 1 aliphatic carbocycles. The molecule has 0 saturated heterocycles. The molecule has 0 atom stereocenters. The maximum Gasteiger partial charge on any atom is 0.391 e. The second-order valence-corrected chi connectivity index (χ2v) is 4.70. The van der Waals surface area contributed by atoms with Crippen molar-refractivity contribution in [1.82, 2.24) is 15.5 Å². The van der Waals surface area contributed by atoms with Crippen LogP contribution in [0.2, 0.25) is 0 Å². The van der Waals surface area contributed by atoms with E-state index < -0.39 is 12.1 Å². The number of aryl methyl sites for hydroxylation is 1. The number of hydrogen-bond donors (Lipinski definition) is 1. The van der Waals surface area contributed by atoms with Gasteiger partial charge in [-0.15, -0.1) is 0 Å². The number of hydrogen-bond acceptors (Lipinski definition) is 4. The normalized spacial score (nSPS) is 25.3. The highest BCUT2D eigenvalue weighted by molar-refractivity contribution is 4.86. The summed E-state index contributed by atoms with van der Waals surface area (Å²) < 4.78 is 42.2. The van der Waals surface area contributed by atoms with Gasteiger partial charge in [0.15, 0.2) is 5.82 Å². The molecule has 1 saturated carbocycles. The Balaban J connectivity index is 1.74. The molecule has 0 aromatic carbocycles. The number of alkyl halides is 3. The van der Waals surface area contributed by atoms with E-state index in [2.05, 4.69) is 15.5 Å². The van der Waals surface area contributed by atoms with Gasteiger partial charge in [-0.05, 0) is 25.7 Å². The maximum atomic E-state index is 12.5. The van der Waals surface area contributed by atoms with Crippen molar-refractivity contribution in [3.05, 3.63) is 11.7 Å². The SMILES string of the molecule is Cc1nc(CNC2CCC(C(F)(F)F)CC2)no1. The molecule has 0 unspecified atom stereocenters. The first-order valence-electron chi connectivity index (χ1n) is 6.04. The van der Waals surface area contributed by atoms with Crippen LogP contribution in [0.25, 0.3) is 0 Å². The average molecular weight is 263 g/mol. The summed E-state index contributed by atoms with van der Waals surface area (Å²) in [5.41, 5.74) is 0. The molecule has 102 valence electrons. The molecule has 0 amide bonds. The molecule has 2 rings (SSSR count). The molecule has 1 heterocycles.